The Morgan fingerprint density at radius 1 is 1.50 bits per heavy atom. The van der Waals surface area contributed by atoms with Gasteiger partial charge in [0, 0.05) is 33.4 Å². The number of nitrogens with two attached hydrogens (primary N) is 1. The van der Waals surface area contributed by atoms with E-state index in [-0.39, 0.29) is 18.7 Å². The quantitative estimate of drug-likeness (QED) is 0.805. The SMILES string of the molecule is CCC(N)C(c1cc(Br)cs1)N(CCO)C(C)C. The lowest BCUT2D eigenvalue weighted by molar-refractivity contribution is 0.103. The van der Waals surface area contributed by atoms with Crippen LogP contribution in [0.4, 0.5) is 0 Å². The van der Waals surface area contributed by atoms with Crippen LogP contribution in [0.1, 0.15) is 38.1 Å². The summed E-state index contributed by atoms with van der Waals surface area (Å²) < 4.78 is 1.10. The lowest BCUT2D eigenvalue weighted by Gasteiger charge is -2.37. The highest BCUT2D eigenvalue weighted by atomic mass is 79.9. The monoisotopic (exact) mass is 334 g/mol. The van der Waals surface area contributed by atoms with Crippen LogP contribution in [0.5, 0.6) is 0 Å². The minimum absolute atomic E-state index is 0.0875. The highest BCUT2D eigenvalue weighted by molar-refractivity contribution is 9.10. The Morgan fingerprint density at radius 2 is 2.17 bits per heavy atom. The molecule has 0 aliphatic heterocycles. The second-order valence-corrected chi connectivity index (χ2v) is 6.60. The van der Waals surface area contributed by atoms with E-state index in [9.17, 15) is 5.11 Å². The zero-order valence-electron chi connectivity index (χ0n) is 11.3. The second kappa shape index (κ2) is 7.60. The smallest absolute Gasteiger partial charge is 0.0596 e. The maximum absolute atomic E-state index is 9.25. The molecular formula is C13H23BrN2OS. The summed E-state index contributed by atoms with van der Waals surface area (Å²) in [5, 5.41) is 11.3. The van der Waals surface area contributed by atoms with Crippen LogP contribution in [0.2, 0.25) is 0 Å². The molecule has 0 saturated heterocycles. The minimum atomic E-state index is 0.0875. The molecule has 18 heavy (non-hydrogen) atoms. The predicted octanol–water partition coefficient (Wildman–Crippen LogP) is 2.99. The van der Waals surface area contributed by atoms with Crippen LogP contribution in [-0.2, 0) is 0 Å². The Bertz CT molecular complexity index is 357. The first-order chi connectivity index (χ1) is 8.51. The Labute approximate surface area is 122 Å². The van der Waals surface area contributed by atoms with E-state index in [0.29, 0.717) is 12.6 Å². The standard InChI is InChI=1S/C13H23BrN2OS/c1-4-11(15)13(12-7-10(14)8-18-12)16(5-6-17)9(2)3/h7-9,11,13,17H,4-6,15H2,1-3H3. The summed E-state index contributed by atoms with van der Waals surface area (Å²) >= 11 is 5.22. The molecule has 0 aliphatic rings. The molecule has 2 unspecified atom stereocenters. The summed E-state index contributed by atoms with van der Waals surface area (Å²) in [4.78, 5) is 3.55. The molecule has 1 aromatic rings. The maximum Gasteiger partial charge on any atom is 0.0596 e. The third kappa shape index (κ3) is 4.03. The van der Waals surface area contributed by atoms with Gasteiger partial charge in [-0.2, -0.15) is 0 Å². The Balaban J connectivity index is 3.02. The minimum Gasteiger partial charge on any atom is -0.395 e. The van der Waals surface area contributed by atoms with Gasteiger partial charge in [0.05, 0.1) is 12.6 Å². The summed E-state index contributed by atoms with van der Waals surface area (Å²) in [6.07, 6.45) is 0.925. The molecule has 0 bridgehead atoms. The molecular weight excluding hydrogens is 312 g/mol. The number of halogens is 1. The van der Waals surface area contributed by atoms with Crippen molar-refractivity contribution in [3.05, 3.63) is 20.8 Å². The third-order valence-corrected chi connectivity index (χ3v) is 4.90. The number of rotatable bonds is 7. The largest absolute Gasteiger partial charge is 0.395 e. The molecule has 0 saturated carbocycles. The molecule has 0 aliphatic carbocycles. The number of aliphatic hydroxyl groups is 1. The predicted molar refractivity (Wildman–Crippen MR) is 82.0 cm³/mol. The molecule has 1 aromatic heterocycles. The number of hydrogen-bond acceptors (Lipinski definition) is 4. The van der Waals surface area contributed by atoms with Gasteiger partial charge in [0.25, 0.3) is 0 Å². The van der Waals surface area contributed by atoms with Crippen molar-refractivity contribution in [1.82, 2.24) is 4.90 Å². The van der Waals surface area contributed by atoms with Gasteiger partial charge < -0.3 is 10.8 Å². The molecule has 104 valence electrons. The molecule has 0 aromatic carbocycles. The normalized spacial score (nSPS) is 15.3. The summed E-state index contributed by atoms with van der Waals surface area (Å²) in [6.45, 7) is 7.22. The Kier molecular flexibility index (Phi) is 6.81. The number of aliphatic hydroxyl groups excluding tert-OH is 1. The van der Waals surface area contributed by atoms with E-state index in [1.807, 2.05) is 0 Å². The Hall–Kier alpha value is 0.0600. The van der Waals surface area contributed by atoms with Crippen molar-refractivity contribution in [2.75, 3.05) is 13.2 Å². The maximum atomic E-state index is 9.25. The average Bonchev–Trinajstić information content (AvgIpc) is 2.74. The molecule has 0 radical (unpaired) electrons. The molecule has 5 heteroatoms. The lowest BCUT2D eigenvalue weighted by atomic mass is 10.0. The van der Waals surface area contributed by atoms with E-state index in [4.69, 9.17) is 5.73 Å². The molecule has 1 heterocycles. The van der Waals surface area contributed by atoms with Gasteiger partial charge in [-0.1, -0.05) is 6.92 Å². The van der Waals surface area contributed by atoms with Gasteiger partial charge in [0.2, 0.25) is 0 Å². The van der Waals surface area contributed by atoms with Crippen molar-refractivity contribution in [3.8, 4) is 0 Å². The number of thiophene rings is 1. The van der Waals surface area contributed by atoms with Crippen LogP contribution in [0.3, 0.4) is 0 Å². The van der Waals surface area contributed by atoms with Crippen LogP contribution in [0.15, 0.2) is 15.9 Å². The number of nitrogens with zero attached hydrogens (tertiary/aromatic N) is 1. The van der Waals surface area contributed by atoms with E-state index in [0.717, 1.165) is 10.9 Å². The first-order valence-corrected chi connectivity index (χ1v) is 8.04. The van der Waals surface area contributed by atoms with E-state index in [1.165, 1.54) is 4.88 Å². The van der Waals surface area contributed by atoms with E-state index < -0.39 is 0 Å². The zero-order valence-corrected chi connectivity index (χ0v) is 13.7. The van der Waals surface area contributed by atoms with Crippen LogP contribution < -0.4 is 5.73 Å². The molecule has 3 nitrogen and oxygen atoms in total. The molecule has 2 atom stereocenters. The summed E-state index contributed by atoms with van der Waals surface area (Å²) in [6, 6.07) is 2.76. The van der Waals surface area contributed by atoms with Gasteiger partial charge in [-0.15, -0.1) is 11.3 Å². The average molecular weight is 335 g/mol. The van der Waals surface area contributed by atoms with Crippen molar-refractivity contribution >= 4 is 27.3 Å². The van der Waals surface area contributed by atoms with Crippen LogP contribution in [0.25, 0.3) is 0 Å². The fourth-order valence-corrected chi connectivity index (χ4v) is 3.80. The highest BCUT2D eigenvalue weighted by Gasteiger charge is 2.28. The van der Waals surface area contributed by atoms with Gasteiger partial charge in [-0.25, -0.2) is 0 Å². The molecule has 3 N–H and O–H groups in total. The summed E-state index contributed by atoms with van der Waals surface area (Å²) in [5.74, 6) is 0. The topological polar surface area (TPSA) is 49.5 Å². The Morgan fingerprint density at radius 3 is 2.56 bits per heavy atom. The van der Waals surface area contributed by atoms with Crippen LogP contribution in [-0.4, -0.2) is 35.2 Å². The van der Waals surface area contributed by atoms with E-state index in [2.05, 4.69) is 53.0 Å². The zero-order chi connectivity index (χ0) is 13.7. The van der Waals surface area contributed by atoms with E-state index in [1.54, 1.807) is 11.3 Å². The first-order valence-electron chi connectivity index (χ1n) is 6.37. The second-order valence-electron chi connectivity index (χ2n) is 4.74. The fourth-order valence-electron chi connectivity index (χ4n) is 2.16. The molecule has 1 rings (SSSR count). The van der Waals surface area contributed by atoms with Crippen molar-refractivity contribution in [3.63, 3.8) is 0 Å². The first kappa shape index (κ1) is 16.1. The van der Waals surface area contributed by atoms with Gasteiger partial charge in [0.15, 0.2) is 0 Å². The fraction of sp³-hybridized carbons (Fsp3) is 0.692. The summed E-state index contributed by atoms with van der Waals surface area (Å²) in [7, 11) is 0. The molecule has 0 spiro atoms. The van der Waals surface area contributed by atoms with Crippen LogP contribution >= 0.6 is 27.3 Å². The number of hydrogen-bond donors (Lipinski definition) is 2. The molecule has 0 amide bonds. The lowest BCUT2D eigenvalue weighted by Crippen LogP contribution is -2.45. The summed E-state index contributed by atoms with van der Waals surface area (Å²) in [5.41, 5.74) is 6.30. The van der Waals surface area contributed by atoms with Crippen molar-refractivity contribution < 1.29 is 5.11 Å². The molecule has 0 fully saturated rings. The van der Waals surface area contributed by atoms with Crippen molar-refractivity contribution in [2.45, 2.75) is 45.3 Å². The van der Waals surface area contributed by atoms with E-state index >= 15 is 0 Å². The van der Waals surface area contributed by atoms with Gasteiger partial charge in [-0.3, -0.25) is 4.90 Å². The van der Waals surface area contributed by atoms with Gasteiger partial charge >= 0.3 is 0 Å². The third-order valence-electron chi connectivity index (χ3n) is 3.13. The van der Waals surface area contributed by atoms with Crippen LogP contribution in [0, 0.1) is 0 Å². The van der Waals surface area contributed by atoms with Crippen molar-refractivity contribution in [1.29, 1.82) is 0 Å². The van der Waals surface area contributed by atoms with Gasteiger partial charge in [0.1, 0.15) is 0 Å². The van der Waals surface area contributed by atoms with Gasteiger partial charge in [-0.05, 0) is 42.3 Å². The van der Waals surface area contributed by atoms with Crippen molar-refractivity contribution in [2.24, 2.45) is 5.73 Å². The highest BCUT2D eigenvalue weighted by Crippen LogP contribution is 2.33.